The molecule has 1 amide bonds. The van der Waals surface area contributed by atoms with Crippen LogP contribution in [0.15, 0.2) is 77.6 Å². The predicted octanol–water partition coefficient (Wildman–Crippen LogP) is 4.20. The highest BCUT2D eigenvalue weighted by Gasteiger charge is 2.28. The molecule has 0 radical (unpaired) electrons. The van der Waals surface area contributed by atoms with E-state index in [4.69, 9.17) is 0 Å². The van der Waals surface area contributed by atoms with Gasteiger partial charge >= 0.3 is 0 Å². The van der Waals surface area contributed by atoms with Gasteiger partial charge in [0.2, 0.25) is 0 Å². The standard InChI is InChI=1S/C26H19FN4O2/c27-16-10-11-22-20(14-16)21-15-30(13-12-23(21)28-22)26(33)24-18-8-4-5-9-19(18)25(32)31(29-24)17-6-2-1-3-7-17/h1-11,14,28H,12-13,15H2. The van der Waals surface area contributed by atoms with Gasteiger partial charge in [-0.25, -0.2) is 4.39 Å². The van der Waals surface area contributed by atoms with Crippen LogP contribution in [0.5, 0.6) is 0 Å². The van der Waals surface area contributed by atoms with Gasteiger partial charge in [-0.2, -0.15) is 9.78 Å². The van der Waals surface area contributed by atoms with E-state index in [1.54, 1.807) is 47.4 Å². The van der Waals surface area contributed by atoms with Crippen LogP contribution < -0.4 is 5.56 Å². The van der Waals surface area contributed by atoms with E-state index in [9.17, 15) is 14.0 Å². The first-order chi connectivity index (χ1) is 16.1. The van der Waals surface area contributed by atoms with Gasteiger partial charge in [-0.1, -0.05) is 36.4 Å². The molecule has 6 nitrogen and oxygen atoms in total. The highest BCUT2D eigenvalue weighted by Crippen LogP contribution is 2.29. The number of H-pyrrole nitrogens is 1. The molecule has 7 heteroatoms. The van der Waals surface area contributed by atoms with Gasteiger partial charge in [0.15, 0.2) is 5.69 Å². The van der Waals surface area contributed by atoms with Crippen LogP contribution in [0.1, 0.15) is 21.7 Å². The van der Waals surface area contributed by atoms with Gasteiger partial charge in [0.25, 0.3) is 11.5 Å². The Morgan fingerprint density at radius 2 is 1.70 bits per heavy atom. The maximum Gasteiger partial charge on any atom is 0.279 e. The van der Waals surface area contributed by atoms with Gasteiger partial charge in [0, 0.05) is 47.1 Å². The lowest BCUT2D eigenvalue weighted by Crippen LogP contribution is -2.37. The third-order valence-electron chi connectivity index (χ3n) is 6.23. The van der Waals surface area contributed by atoms with Crippen LogP contribution in [0, 0.1) is 5.82 Å². The molecular weight excluding hydrogens is 419 g/mol. The summed E-state index contributed by atoms with van der Waals surface area (Å²) in [5.74, 6) is -0.567. The molecule has 33 heavy (non-hydrogen) atoms. The smallest absolute Gasteiger partial charge is 0.279 e. The van der Waals surface area contributed by atoms with Gasteiger partial charge in [-0.3, -0.25) is 9.59 Å². The van der Waals surface area contributed by atoms with Crippen molar-refractivity contribution in [2.24, 2.45) is 0 Å². The Labute approximate surface area is 187 Å². The molecule has 0 spiro atoms. The highest BCUT2D eigenvalue weighted by molar-refractivity contribution is 6.05. The summed E-state index contributed by atoms with van der Waals surface area (Å²) in [4.78, 5) is 31.9. The number of fused-ring (bicyclic) bond motifs is 4. The number of hydrogen-bond donors (Lipinski definition) is 1. The van der Waals surface area contributed by atoms with E-state index in [1.165, 1.54) is 16.8 Å². The molecule has 3 heterocycles. The Balaban J connectivity index is 1.47. The van der Waals surface area contributed by atoms with Gasteiger partial charge < -0.3 is 9.88 Å². The first-order valence-corrected chi connectivity index (χ1v) is 10.8. The Hall–Kier alpha value is -4.26. The van der Waals surface area contributed by atoms with E-state index in [0.717, 1.165) is 22.2 Å². The minimum atomic E-state index is -0.310. The number of carbonyl (C=O) groups is 1. The molecule has 3 aromatic carbocycles. The Bertz CT molecular complexity index is 1600. The van der Waals surface area contributed by atoms with E-state index >= 15 is 0 Å². The fourth-order valence-corrected chi connectivity index (χ4v) is 4.60. The molecule has 6 rings (SSSR count). The molecule has 162 valence electrons. The van der Waals surface area contributed by atoms with Crippen molar-refractivity contribution in [3.05, 3.63) is 106 Å². The summed E-state index contributed by atoms with van der Waals surface area (Å²) in [5, 5.41) is 6.26. The maximum absolute atomic E-state index is 13.9. The second kappa shape index (κ2) is 7.41. The van der Waals surface area contributed by atoms with Gasteiger partial charge in [-0.05, 0) is 36.4 Å². The topological polar surface area (TPSA) is 71.0 Å². The predicted molar refractivity (Wildman–Crippen MR) is 124 cm³/mol. The zero-order chi connectivity index (χ0) is 22.5. The lowest BCUT2D eigenvalue weighted by Gasteiger charge is -2.27. The van der Waals surface area contributed by atoms with Crippen molar-refractivity contribution in [2.75, 3.05) is 6.54 Å². The molecule has 1 aliphatic heterocycles. The van der Waals surface area contributed by atoms with Crippen LogP contribution in [0.2, 0.25) is 0 Å². The van der Waals surface area contributed by atoms with Crippen molar-refractivity contribution in [3.63, 3.8) is 0 Å². The van der Waals surface area contributed by atoms with E-state index in [2.05, 4.69) is 10.1 Å². The van der Waals surface area contributed by atoms with Crippen LogP contribution >= 0.6 is 0 Å². The first-order valence-electron chi connectivity index (χ1n) is 10.8. The quantitative estimate of drug-likeness (QED) is 0.449. The van der Waals surface area contributed by atoms with E-state index < -0.39 is 0 Å². The third kappa shape index (κ3) is 3.12. The van der Waals surface area contributed by atoms with Crippen LogP contribution in [-0.4, -0.2) is 32.1 Å². The average Bonchev–Trinajstić information content (AvgIpc) is 3.21. The van der Waals surface area contributed by atoms with Gasteiger partial charge in [0.1, 0.15) is 5.82 Å². The fraction of sp³-hybridized carbons (Fsp3) is 0.115. The van der Waals surface area contributed by atoms with Crippen LogP contribution in [0.25, 0.3) is 27.4 Å². The number of carbonyl (C=O) groups excluding carboxylic acids is 1. The summed E-state index contributed by atoms with van der Waals surface area (Å²) in [6, 6.07) is 20.8. The molecule has 0 fully saturated rings. The molecule has 2 aromatic heterocycles. The number of aromatic amines is 1. The summed E-state index contributed by atoms with van der Waals surface area (Å²) in [6.07, 6.45) is 0.633. The molecule has 1 aliphatic rings. The summed E-state index contributed by atoms with van der Waals surface area (Å²) >= 11 is 0. The fourth-order valence-electron chi connectivity index (χ4n) is 4.60. The van der Waals surface area contributed by atoms with Gasteiger partial charge in [0.05, 0.1) is 11.1 Å². The van der Waals surface area contributed by atoms with Gasteiger partial charge in [-0.15, -0.1) is 0 Å². The number of nitrogens with one attached hydrogen (secondary N) is 1. The molecule has 5 aromatic rings. The van der Waals surface area contributed by atoms with E-state index in [-0.39, 0.29) is 23.0 Å². The molecule has 0 bridgehead atoms. The maximum atomic E-state index is 13.9. The largest absolute Gasteiger partial charge is 0.358 e. The Morgan fingerprint density at radius 1 is 0.939 bits per heavy atom. The van der Waals surface area contributed by atoms with Crippen molar-refractivity contribution < 1.29 is 9.18 Å². The number of halogens is 1. The normalized spacial score (nSPS) is 13.4. The Kier molecular flexibility index (Phi) is 4.36. The summed E-state index contributed by atoms with van der Waals surface area (Å²) < 4.78 is 15.2. The molecule has 0 unspecified atom stereocenters. The van der Waals surface area contributed by atoms with E-state index in [1.807, 2.05) is 18.2 Å². The number of para-hydroxylation sites is 1. The van der Waals surface area contributed by atoms with Crippen LogP contribution in [-0.2, 0) is 13.0 Å². The summed E-state index contributed by atoms with van der Waals surface area (Å²) in [6.45, 7) is 0.847. The first kappa shape index (κ1) is 19.4. The molecule has 0 atom stereocenters. The molecular formula is C26H19FN4O2. The molecule has 1 N–H and O–H groups in total. The number of benzene rings is 3. The third-order valence-corrected chi connectivity index (χ3v) is 6.23. The number of amides is 1. The van der Waals surface area contributed by atoms with E-state index in [0.29, 0.717) is 36.0 Å². The van der Waals surface area contributed by atoms with Crippen molar-refractivity contribution in [3.8, 4) is 5.69 Å². The number of nitrogens with zero attached hydrogens (tertiary/aromatic N) is 3. The summed E-state index contributed by atoms with van der Waals surface area (Å²) in [7, 11) is 0. The minimum Gasteiger partial charge on any atom is -0.358 e. The average molecular weight is 438 g/mol. The lowest BCUT2D eigenvalue weighted by atomic mass is 10.0. The number of rotatable bonds is 2. The molecule has 0 saturated heterocycles. The Morgan fingerprint density at radius 3 is 2.52 bits per heavy atom. The second-order valence-electron chi connectivity index (χ2n) is 8.20. The van der Waals surface area contributed by atoms with Crippen molar-refractivity contribution >= 4 is 27.6 Å². The van der Waals surface area contributed by atoms with Crippen molar-refractivity contribution in [1.29, 1.82) is 0 Å². The SMILES string of the molecule is O=C(c1nn(-c2ccccc2)c(=O)c2ccccc12)N1CCc2[nH]c3ccc(F)cc3c2C1. The number of hydrogen-bond acceptors (Lipinski definition) is 3. The molecule has 0 saturated carbocycles. The zero-order valence-corrected chi connectivity index (χ0v) is 17.6. The number of aromatic nitrogens is 3. The lowest BCUT2D eigenvalue weighted by molar-refractivity contribution is 0.0729. The van der Waals surface area contributed by atoms with Crippen molar-refractivity contribution in [1.82, 2.24) is 19.7 Å². The van der Waals surface area contributed by atoms with Crippen LogP contribution in [0.3, 0.4) is 0 Å². The monoisotopic (exact) mass is 438 g/mol. The summed E-state index contributed by atoms with van der Waals surface area (Å²) in [5.41, 5.74) is 3.34. The molecule has 0 aliphatic carbocycles. The second-order valence-corrected chi connectivity index (χ2v) is 8.20. The zero-order valence-electron chi connectivity index (χ0n) is 17.6. The highest BCUT2D eigenvalue weighted by atomic mass is 19.1. The van der Waals surface area contributed by atoms with Crippen LogP contribution in [0.4, 0.5) is 4.39 Å². The van der Waals surface area contributed by atoms with Crippen molar-refractivity contribution in [2.45, 2.75) is 13.0 Å². The minimum absolute atomic E-state index is 0.225.